The van der Waals surface area contributed by atoms with Crippen LogP contribution in [0, 0.1) is 13.8 Å². The van der Waals surface area contributed by atoms with E-state index in [1.165, 1.54) is 5.56 Å². The lowest BCUT2D eigenvalue weighted by atomic mass is 10.1. The topological polar surface area (TPSA) is 55.9 Å². The summed E-state index contributed by atoms with van der Waals surface area (Å²) in [4.78, 5) is 0. The normalized spacial score (nSPS) is 11.0. The molecule has 2 heterocycles. The summed E-state index contributed by atoms with van der Waals surface area (Å²) in [5.41, 5.74) is 5.41. The fourth-order valence-corrected chi connectivity index (χ4v) is 3.36. The van der Waals surface area contributed by atoms with E-state index in [-0.39, 0.29) is 5.88 Å². The minimum absolute atomic E-state index is 0.138. The van der Waals surface area contributed by atoms with Gasteiger partial charge in [0.2, 0.25) is 5.88 Å². The molecule has 0 atom stereocenters. The minimum atomic E-state index is 0.138. The Labute approximate surface area is 158 Å². The number of rotatable bonds is 5. The minimum Gasteiger partial charge on any atom is -0.493 e. The molecule has 5 nitrogen and oxygen atoms in total. The van der Waals surface area contributed by atoms with Gasteiger partial charge in [-0.2, -0.15) is 10.2 Å². The summed E-state index contributed by atoms with van der Waals surface area (Å²) in [6, 6.07) is 22.0. The molecule has 0 spiro atoms. The molecule has 0 saturated carbocycles. The van der Waals surface area contributed by atoms with Crippen molar-refractivity contribution < 1.29 is 5.11 Å². The number of aromatic hydroxyl groups is 1. The molecule has 2 aromatic carbocycles. The Balaban J connectivity index is 1.71. The van der Waals surface area contributed by atoms with Gasteiger partial charge < -0.3 is 5.11 Å². The van der Waals surface area contributed by atoms with Crippen LogP contribution in [-0.4, -0.2) is 24.7 Å². The van der Waals surface area contributed by atoms with Gasteiger partial charge in [-0.3, -0.25) is 4.68 Å². The zero-order chi connectivity index (χ0) is 18.8. The molecule has 0 aliphatic heterocycles. The third-order valence-electron chi connectivity index (χ3n) is 4.65. The van der Waals surface area contributed by atoms with Crippen molar-refractivity contribution in [2.45, 2.75) is 26.8 Å². The quantitative estimate of drug-likeness (QED) is 0.579. The molecule has 0 bridgehead atoms. The van der Waals surface area contributed by atoms with Crippen LogP contribution >= 0.6 is 0 Å². The van der Waals surface area contributed by atoms with Crippen molar-refractivity contribution in [2.75, 3.05) is 0 Å². The summed E-state index contributed by atoms with van der Waals surface area (Å²) in [7, 11) is 0. The molecule has 0 unspecified atom stereocenters. The summed E-state index contributed by atoms with van der Waals surface area (Å²) < 4.78 is 3.54. The number of hydrogen-bond donors (Lipinski definition) is 1. The fourth-order valence-electron chi connectivity index (χ4n) is 3.36. The summed E-state index contributed by atoms with van der Waals surface area (Å²) in [5, 5.41) is 20.1. The molecule has 4 rings (SSSR count). The molecule has 0 radical (unpaired) electrons. The van der Waals surface area contributed by atoms with Gasteiger partial charge in [0.05, 0.1) is 28.3 Å². The highest BCUT2D eigenvalue weighted by Crippen LogP contribution is 2.34. The van der Waals surface area contributed by atoms with Crippen LogP contribution in [0.4, 0.5) is 0 Å². The van der Waals surface area contributed by atoms with E-state index in [2.05, 4.69) is 22.3 Å². The maximum absolute atomic E-state index is 10.9. The average molecular weight is 358 g/mol. The zero-order valence-electron chi connectivity index (χ0n) is 15.5. The van der Waals surface area contributed by atoms with Crippen molar-refractivity contribution in [1.82, 2.24) is 19.6 Å². The van der Waals surface area contributed by atoms with Gasteiger partial charge >= 0.3 is 0 Å². The number of nitrogens with zero attached hydrogens (tertiary/aromatic N) is 4. The first-order valence-corrected chi connectivity index (χ1v) is 9.06. The first-order chi connectivity index (χ1) is 13.1. The lowest BCUT2D eigenvalue weighted by molar-refractivity contribution is 0.434. The number of hydrogen-bond acceptors (Lipinski definition) is 3. The SMILES string of the molecule is Cc1cc(-c2c(C)nn(-c3ccccc3)c2O)n(CCc2ccccc2)n1. The zero-order valence-corrected chi connectivity index (χ0v) is 15.5. The number of aromatic nitrogens is 4. The summed E-state index contributed by atoms with van der Waals surface area (Å²) >= 11 is 0. The first kappa shape index (κ1) is 17.1. The van der Waals surface area contributed by atoms with E-state index in [0.29, 0.717) is 0 Å². The van der Waals surface area contributed by atoms with Crippen LogP contribution < -0.4 is 0 Å². The number of aryl methyl sites for hydroxylation is 4. The highest BCUT2D eigenvalue weighted by molar-refractivity contribution is 5.69. The van der Waals surface area contributed by atoms with Crippen molar-refractivity contribution in [3.05, 3.63) is 83.7 Å². The van der Waals surface area contributed by atoms with E-state index < -0.39 is 0 Å². The van der Waals surface area contributed by atoms with E-state index in [4.69, 9.17) is 0 Å². The van der Waals surface area contributed by atoms with Crippen LogP contribution in [0.5, 0.6) is 5.88 Å². The number of para-hydroxylation sites is 1. The molecule has 0 aliphatic carbocycles. The van der Waals surface area contributed by atoms with Crippen LogP contribution in [-0.2, 0) is 13.0 Å². The van der Waals surface area contributed by atoms with Gasteiger partial charge in [0.15, 0.2) is 0 Å². The molecule has 1 N–H and O–H groups in total. The Morgan fingerprint density at radius 2 is 1.56 bits per heavy atom. The van der Waals surface area contributed by atoms with Crippen LogP contribution in [0.25, 0.3) is 16.9 Å². The second-order valence-electron chi connectivity index (χ2n) is 6.66. The summed E-state index contributed by atoms with van der Waals surface area (Å²) in [5.74, 6) is 0.138. The maximum Gasteiger partial charge on any atom is 0.224 e. The Bertz CT molecular complexity index is 1050. The summed E-state index contributed by atoms with van der Waals surface area (Å²) in [6.45, 7) is 4.62. The largest absolute Gasteiger partial charge is 0.493 e. The standard InChI is InChI=1S/C22H22N4O/c1-16-15-20(25(23-16)14-13-18-9-5-3-6-10-18)21-17(2)24-26(22(21)27)19-11-7-4-8-12-19/h3-12,15,27H,13-14H2,1-2H3. The predicted octanol–water partition coefficient (Wildman–Crippen LogP) is 4.30. The van der Waals surface area contributed by atoms with Gasteiger partial charge in [-0.1, -0.05) is 48.5 Å². The lowest BCUT2D eigenvalue weighted by Gasteiger charge is -2.08. The third-order valence-corrected chi connectivity index (χ3v) is 4.65. The molecular formula is C22H22N4O. The van der Waals surface area contributed by atoms with E-state index in [1.54, 1.807) is 4.68 Å². The molecule has 4 aromatic rings. The predicted molar refractivity (Wildman–Crippen MR) is 106 cm³/mol. The molecular weight excluding hydrogens is 336 g/mol. The molecule has 0 aliphatic rings. The highest BCUT2D eigenvalue weighted by atomic mass is 16.3. The Kier molecular flexibility index (Phi) is 4.50. The molecule has 136 valence electrons. The van der Waals surface area contributed by atoms with E-state index in [0.717, 1.165) is 41.3 Å². The Hall–Kier alpha value is -3.34. The van der Waals surface area contributed by atoms with Crippen LogP contribution in [0.1, 0.15) is 17.0 Å². The highest BCUT2D eigenvalue weighted by Gasteiger charge is 2.21. The van der Waals surface area contributed by atoms with Crippen molar-refractivity contribution >= 4 is 0 Å². The molecule has 0 amide bonds. The Morgan fingerprint density at radius 3 is 2.26 bits per heavy atom. The van der Waals surface area contributed by atoms with Crippen molar-refractivity contribution in [3.8, 4) is 22.8 Å². The molecule has 2 aromatic heterocycles. The number of benzene rings is 2. The van der Waals surface area contributed by atoms with E-state index >= 15 is 0 Å². The Morgan fingerprint density at radius 1 is 0.889 bits per heavy atom. The van der Waals surface area contributed by atoms with Gasteiger partial charge in [-0.25, -0.2) is 4.68 Å². The molecule has 0 fully saturated rings. The van der Waals surface area contributed by atoms with E-state index in [9.17, 15) is 5.11 Å². The smallest absolute Gasteiger partial charge is 0.224 e. The van der Waals surface area contributed by atoms with Crippen molar-refractivity contribution in [3.63, 3.8) is 0 Å². The van der Waals surface area contributed by atoms with Gasteiger partial charge in [-0.05, 0) is 44.0 Å². The second-order valence-corrected chi connectivity index (χ2v) is 6.66. The molecule has 27 heavy (non-hydrogen) atoms. The third kappa shape index (κ3) is 3.36. The molecule has 0 saturated heterocycles. The average Bonchev–Trinajstić information content (AvgIpc) is 3.20. The monoisotopic (exact) mass is 358 g/mol. The maximum atomic E-state index is 10.9. The van der Waals surface area contributed by atoms with Crippen LogP contribution in [0.3, 0.4) is 0 Å². The van der Waals surface area contributed by atoms with E-state index in [1.807, 2.05) is 73.1 Å². The first-order valence-electron chi connectivity index (χ1n) is 9.06. The fraction of sp³-hybridized carbons (Fsp3) is 0.182. The van der Waals surface area contributed by atoms with Gasteiger partial charge in [-0.15, -0.1) is 0 Å². The van der Waals surface area contributed by atoms with Crippen molar-refractivity contribution in [2.24, 2.45) is 0 Å². The van der Waals surface area contributed by atoms with Crippen LogP contribution in [0.15, 0.2) is 66.7 Å². The van der Waals surface area contributed by atoms with Crippen LogP contribution in [0.2, 0.25) is 0 Å². The van der Waals surface area contributed by atoms with Crippen molar-refractivity contribution in [1.29, 1.82) is 0 Å². The van der Waals surface area contributed by atoms with Gasteiger partial charge in [0.1, 0.15) is 0 Å². The second kappa shape index (κ2) is 7.11. The van der Waals surface area contributed by atoms with Gasteiger partial charge in [0, 0.05) is 6.54 Å². The summed E-state index contributed by atoms with van der Waals surface area (Å²) in [6.07, 6.45) is 0.877. The van der Waals surface area contributed by atoms with Gasteiger partial charge in [0.25, 0.3) is 0 Å². The lowest BCUT2D eigenvalue weighted by Crippen LogP contribution is -2.05. The molecule has 5 heteroatoms.